The topological polar surface area (TPSA) is 56.5 Å². The first-order valence-corrected chi connectivity index (χ1v) is 16.3. The van der Waals surface area contributed by atoms with Gasteiger partial charge in [-0.2, -0.15) is 0 Å². The number of fused-ring (bicyclic) bond motifs is 5. The third kappa shape index (κ3) is 4.79. The van der Waals surface area contributed by atoms with Gasteiger partial charge < -0.3 is 4.57 Å². The fourth-order valence-electron chi connectivity index (χ4n) is 6.89. The van der Waals surface area contributed by atoms with E-state index >= 15 is 0 Å². The lowest BCUT2D eigenvalue weighted by Gasteiger charge is -2.18. The van der Waals surface area contributed by atoms with E-state index in [1.54, 1.807) is 0 Å². The summed E-state index contributed by atoms with van der Waals surface area (Å²) in [6.07, 6.45) is 11.8. The second kappa shape index (κ2) is 11.5. The van der Waals surface area contributed by atoms with E-state index in [1.807, 2.05) is 30.3 Å². The lowest BCUT2D eigenvalue weighted by molar-refractivity contribution is 0.703. The van der Waals surface area contributed by atoms with E-state index in [0.29, 0.717) is 5.82 Å². The van der Waals surface area contributed by atoms with Crippen molar-refractivity contribution >= 4 is 23.3 Å². The van der Waals surface area contributed by atoms with E-state index in [4.69, 9.17) is 19.9 Å². The Morgan fingerprint density at radius 1 is 0.489 bits per heavy atom. The van der Waals surface area contributed by atoms with Crippen molar-refractivity contribution in [2.75, 3.05) is 0 Å². The highest BCUT2D eigenvalue weighted by atomic mass is 15.1. The summed E-state index contributed by atoms with van der Waals surface area (Å²) in [4.78, 5) is 20.8. The molecule has 5 nitrogen and oxygen atoms in total. The van der Waals surface area contributed by atoms with Gasteiger partial charge in [-0.1, -0.05) is 133 Å². The quantitative estimate of drug-likeness (QED) is 0.196. The average molecular weight is 606 g/mol. The third-order valence-corrected chi connectivity index (χ3v) is 9.17. The van der Waals surface area contributed by atoms with Crippen LogP contribution in [0.2, 0.25) is 0 Å². The van der Waals surface area contributed by atoms with Crippen molar-refractivity contribution in [3.63, 3.8) is 0 Å². The van der Waals surface area contributed by atoms with Crippen LogP contribution in [-0.2, 0) is 13.0 Å². The van der Waals surface area contributed by atoms with E-state index in [0.717, 1.165) is 93.3 Å². The molecule has 4 heterocycles. The number of aromatic nitrogens is 5. The Kier molecular flexibility index (Phi) is 6.67. The number of pyridine rings is 1. The van der Waals surface area contributed by atoms with Crippen LogP contribution in [0.3, 0.4) is 0 Å². The van der Waals surface area contributed by atoms with Crippen LogP contribution < -0.4 is 0 Å². The Balaban J connectivity index is 1.25. The predicted molar refractivity (Wildman–Crippen MR) is 191 cm³/mol. The van der Waals surface area contributed by atoms with Crippen molar-refractivity contribution in [3.8, 4) is 56.3 Å². The van der Waals surface area contributed by atoms with Gasteiger partial charge in [-0.15, -0.1) is 0 Å². The summed E-state index contributed by atoms with van der Waals surface area (Å²) in [7, 11) is 0. The Hall–Kier alpha value is -5.94. The maximum atomic E-state index is 5.32. The van der Waals surface area contributed by atoms with E-state index in [1.165, 1.54) is 11.1 Å². The Morgan fingerprint density at radius 3 is 1.72 bits per heavy atom. The summed E-state index contributed by atoms with van der Waals surface area (Å²) < 4.78 is 2.26. The number of rotatable bonds is 5. The average Bonchev–Trinajstić information content (AvgIpc) is 3.54. The molecule has 0 saturated heterocycles. The molecule has 4 aromatic carbocycles. The highest BCUT2D eigenvalue weighted by Gasteiger charge is 2.24. The molecule has 1 aliphatic heterocycles. The number of hydrogen-bond donors (Lipinski definition) is 0. The van der Waals surface area contributed by atoms with Crippen molar-refractivity contribution in [2.45, 2.75) is 25.8 Å². The van der Waals surface area contributed by atoms with Crippen molar-refractivity contribution in [2.24, 2.45) is 0 Å². The van der Waals surface area contributed by atoms with Gasteiger partial charge in [-0.25, -0.2) is 19.9 Å². The van der Waals surface area contributed by atoms with Crippen LogP contribution in [0.1, 0.15) is 29.8 Å². The van der Waals surface area contributed by atoms with Gasteiger partial charge in [0.05, 0.1) is 17.1 Å². The number of hydrogen-bond acceptors (Lipinski definition) is 4. The zero-order chi connectivity index (χ0) is 31.2. The van der Waals surface area contributed by atoms with Crippen molar-refractivity contribution < 1.29 is 0 Å². The summed E-state index contributed by atoms with van der Waals surface area (Å²) in [6, 6.07) is 40.0. The van der Waals surface area contributed by atoms with Gasteiger partial charge in [0.15, 0.2) is 11.5 Å². The number of imidazole rings is 1. The first kappa shape index (κ1) is 27.4. The molecule has 9 rings (SSSR count). The molecule has 0 spiro atoms. The molecular weight excluding hydrogens is 574 g/mol. The summed E-state index contributed by atoms with van der Waals surface area (Å²) in [5.74, 6) is 1.70. The molecule has 0 fully saturated rings. The molecule has 1 aliphatic carbocycles. The minimum absolute atomic E-state index is 0.708. The summed E-state index contributed by atoms with van der Waals surface area (Å²) in [5, 5.41) is 0. The molecule has 47 heavy (non-hydrogen) atoms. The van der Waals surface area contributed by atoms with Crippen LogP contribution in [0.15, 0.2) is 127 Å². The number of allylic oxidation sites excluding steroid dienone is 2. The summed E-state index contributed by atoms with van der Waals surface area (Å²) >= 11 is 0. The number of nitrogens with zero attached hydrogens (tertiary/aromatic N) is 5. The van der Waals surface area contributed by atoms with E-state index < -0.39 is 0 Å². The van der Waals surface area contributed by atoms with Crippen molar-refractivity contribution in [1.29, 1.82) is 0 Å². The van der Waals surface area contributed by atoms with E-state index in [2.05, 4.69) is 114 Å². The molecule has 3 aromatic heterocycles. The van der Waals surface area contributed by atoms with Crippen LogP contribution in [-0.4, -0.2) is 24.5 Å². The normalized spacial score (nSPS) is 13.4. The maximum absolute atomic E-state index is 5.32. The van der Waals surface area contributed by atoms with Gasteiger partial charge >= 0.3 is 0 Å². The molecule has 224 valence electrons. The minimum atomic E-state index is 0.708. The second-order valence-corrected chi connectivity index (χ2v) is 12.1. The fourth-order valence-corrected chi connectivity index (χ4v) is 6.89. The molecule has 0 radical (unpaired) electrons. The molecule has 0 atom stereocenters. The standard InChI is InChI=1S/C42H31N5/c1-4-14-29(15-5-1)38-36(39(30-16-6-2-7-17-30)45-41(44-38)32-18-8-3-9-19-32)28-23-25-31(26-24-28)37-33-20-10-11-21-34(33)40-42(46-37)47-27-13-12-22-35(47)43-40/h1-9,11-12,14-19,21-26H,10,13,20,27H2. The molecule has 2 aliphatic rings. The molecule has 0 N–H and O–H groups in total. The van der Waals surface area contributed by atoms with Crippen LogP contribution >= 0.6 is 0 Å². The molecule has 5 heteroatoms. The van der Waals surface area contributed by atoms with Crippen LogP contribution in [0.4, 0.5) is 0 Å². The zero-order valence-corrected chi connectivity index (χ0v) is 25.8. The van der Waals surface area contributed by atoms with Gasteiger partial charge in [0, 0.05) is 39.9 Å². The number of benzene rings is 4. The molecule has 0 unspecified atom stereocenters. The van der Waals surface area contributed by atoms with Crippen molar-refractivity contribution in [3.05, 3.63) is 144 Å². The molecule has 0 saturated carbocycles. The van der Waals surface area contributed by atoms with Gasteiger partial charge in [0.2, 0.25) is 0 Å². The van der Waals surface area contributed by atoms with E-state index in [9.17, 15) is 0 Å². The smallest absolute Gasteiger partial charge is 0.161 e. The molecule has 0 bridgehead atoms. The van der Waals surface area contributed by atoms with Crippen LogP contribution in [0.5, 0.6) is 0 Å². The van der Waals surface area contributed by atoms with Crippen LogP contribution in [0.25, 0.3) is 79.6 Å². The largest absolute Gasteiger partial charge is 0.309 e. The van der Waals surface area contributed by atoms with Gasteiger partial charge in [-0.3, -0.25) is 0 Å². The lowest BCUT2D eigenvalue weighted by atomic mass is 9.90. The summed E-state index contributed by atoms with van der Waals surface area (Å²) in [5.41, 5.74) is 13.6. The van der Waals surface area contributed by atoms with Gasteiger partial charge in [-0.05, 0) is 36.5 Å². The lowest BCUT2D eigenvalue weighted by Crippen LogP contribution is -2.06. The zero-order valence-electron chi connectivity index (χ0n) is 25.8. The predicted octanol–water partition coefficient (Wildman–Crippen LogP) is 9.93. The number of aryl methyl sites for hydroxylation is 1. The highest BCUT2D eigenvalue weighted by molar-refractivity contribution is 5.94. The van der Waals surface area contributed by atoms with Gasteiger partial charge in [0.25, 0.3) is 0 Å². The Labute approximate surface area is 273 Å². The highest BCUT2D eigenvalue weighted by Crippen LogP contribution is 2.41. The van der Waals surface area contributed by atoms with E-state index in [-0.39, 0.29) is 0 Å². The molecular formula is C42H31N5. The Morgan fingerprint density at radius 2 is 1.06 bits per heavy atom. The second-order valence-electron chi connectivity index (χ2n) is 12.1. The Bertz CT molecular complexity index is 2260. The minimum Gasteiger partial charge on any atom is -0.309 e. The maximum Gasteiger partial charge on any atom is 0.161 e. The fraction of sp³-hybridized carbons (Fsp3) is 0.0952. The SMILES string of the molecule is C1=Cc2c(c(-c3ccc(-c4c(-c5ccccc5)nc(-c5ccccc5)nc4-c4ccccc4)cc3)nc3c2nc2n3CCC=C2)CC1. The van der Waals surface area contributed by atoms with Crippen molar-refractivity contribution in [1.82, 2.24) is 24.5 Å². The first-order chi connectivity index (χ1) is 23.3. The first-order valence-electron chi connectivity index (χ1n) is 16.3. The van der Waals surface area contributed by atoms with Crippen LogP contribution in [0, 0.1) is 0 Å². The third-order valence-electron chi connectivity index (χ3n) is 9.17. The summed E-state index contributed by atoms with van der Waals surface area (Å²) in [6.45, 7) is 0.902. The monoisotopic (exact) mass is 605 g/mol. The molecule has 0 amide bonds. The molecule has 7 aromatic rings. The van der Waals surface area contributed by atoms with Gasteiger partial charge in [0.1, 0.15) is 11.3 Å².